The lowest BCUT2D eigenvalue weighted by molar-refractivity contribution is 0.169. The fourth-order valence-electron chi connectivity index (χ4n) is 3.70. The van der Waals surface area contributed by atoms with Gasteiger partial charge < -0.3 is 14.8 Å². The van der Waals surface area contributed by atoms with E-state index in [4.69, 9.17) is 9.47 Å². The van der Waals surface area contributed by atoms with E-state index in [0.29, 0.717) is 19.3 Å². The van der Waals surface area contributed by atoms with Crippen molar-refractivity contribution in [3.63, 3.8) is 0 Å². The molecule has 1 unspecified atom stereocenters. The van der Waals surface area contributed by atoms with Gasteiger partial charge in [-0.3, -0.25) is 0 Å². The van der Waals surface area contributed by atoms with E-state index >= 15 is 0 Å². The quantitative estimate of drug-likeness (QED) is 0.891. The fourth-order valence-corrected chi connectivity index (χ4v) is 3.70. The lowest BCUT2D eigenvalue weighted by Gasteiger charge is -2.31. The van der Waals surface area contributed by atoms with Crippen LogP contribution >= 0.6 is 0 Å². The van der Waals surface area contributed by atoms with E-state index < -0.39 is 0 Å². The lowest BCUT2D eigenvalue weighted by atomic mass is 9.83. The first kappa shape index (κ1) is 14.7. The summed E-state index contributed by atoms with van der Waals surface area (Å²) in [5.41, 5.74) is 1.22. The Morgan fingerprint density at radius 3 is 2.76 bits per heavy atom. The zero-order valence-corrected chi connectivity index (χ0v) is 13.1. The third kappa shape index (κ3) is 3.52. The highest BCUT2D eigenvalue weighted by atomic mass is 16.6. The molecule has 1 aromatic rings. The molecule has 0 saturated heterocycles. The van der Waals surface area contributed by atoms with Crippen LogP contribution in [0, 0.1) is 5.92 Å². The molecule has 3 nitrogen and oxygen atoms in total. The highest BCUT2D eigenvalue weighted by molar-refractivity contribution is 5.47. The summed E-state index contributed by atoms with van der Waals surface area (Å²) in [6, 6.07) is 6.84. The van der Waals surface area contributed by atoms with E-state index in [0.717, 1.165) is 24.0 Å². The molecule has 1 aliphatic heterocycles. The molecule has 1 heterocycles. The average Bonchev–Trinajstić information content (AvgIpc) is 2.56. The standard InChI is InChI=1S/C18H27NO2/c1-2-16(14-7-4-3-5-8-14)19-13-15-9-6-10-17-18(15)21-12-11-20-17/h6,9-10,14,16,19H,2-5,7-8,11-13H2,1H3. The Bertz CT molecular complexity index is 455. The van der Waals surface area contributed by atoms with Crippen molar-refractivity contribution in [2.24, 2.45) is 5.92 Å². The number of hydrogen-bond acceptors (Lipinski definition) is 3. The first-order chi connectivity index (χ1) is 10.4. The van der Waals surface area contributed by atoms with Crippen LogP contribution in [0.15, 0.2) is 18.2 Å². The molecule has 1 aromatic carbocycles. The Kier molecular flexibility index (Phi) is 5.02. The fraction of sp³-hybridized carbons (Fsp3) is 0.667. The number of rotatable bonds is 5. The van der Waals surface area contributed by atoms with E-state index in [9.17, 15) is 0 Å². The number of para-hydroxylation sites is 1. The van der Waals surface area contributed by atoms with Crippen molar-refractivity contribution >= 4 is 0 Å². The van der Waals surface area contributed by atoms with Crippen molar-refractivity contribution < 1.29 is 9.47 Å². The Balaban J connectivity index is 1.63. The third-order valence-electron chi connectivity index (χ3n) is 4.86. The molecule has 0 aromatic heterocycles. The molecular weight excluding hydrogens is 262 g/mol. The molecule has 0 radical (unpaired) electrons. The molecule has 0 spiro atoms. The van der Waals surface area contributed by atoms with Crippen LogP contribution in [-0.4, -0.2) is 19.3 Å². The van der Waals surface area contributed by atoms with Crippen LogP contribution in [-0.2, 0) is 6.54 Å². The van der Waals surface area contributed by atoms with Crippen LogP contribution < -0.4 is 14.8 Å². The first-order valence-electron chi connectivity index (χ1n) is 8.49. The van der Waals surface area contributed by atoms with Crippen LogP contribution in [0.1, 0.15) is 51.0 Å². The molecule has 0 amide bonds. The molecular formula is C18H27NO2. The maximum absolute atomic E-state index is 5.80. The van der Waals surface area contributed by atoms with E-state index in [1.165, 1.54) is 44.1 Å². The van der Waals surface area contributed by atoms with Gasteiger partial charge in [0.15, 0.2) is 11.5 Å². The summed E-state index contributed by atoms with van der Waals surface area (Å²) in [4.78, 5) is 0. The van der Waals surface area contributed by atoms with Gasteiger partial charge in [-0.15, -0.1) is 0 Å². The summed E-state index contributed by atoms with van der Waals surface area (Å²) >= 11 is 0. The van der Waals surface area contributed by atoms with E-state index in [2.05, 4.69) is 24.4 Å². The second kappa shape index (κ2) is 7.17. The van der Waals surface area contributed by atoms with Crippen LogP contribution in [0.5, 0.6) is 11.5 Å². The van der Waals surface area contributed by atoms with Crippen molar-refractivity contribution in [3.05, 3.63) is 23.8 Å². The molecule has 3 rings (SSSR count). The van der Waals surface area contributed by atoms with E-state index in [-0.39, 0.29) is 0 Å². The van der Waals surface area contributed by atoms with Gasteiger partial charge in [0.2, 0.25) is 0 Å². The summed E-state index contributed by atoms with van der Waals surface area (Å²) in [7, 11) is 0. The Labute approximate surface area is 128 Å². The Morgan fingerprint density at radius 2 is 1.95 bits per heavy atom. The summed E-state index contributed by atoms with van der Waals surface area (Å²) in [5.74, 6) is 2.68. The van der Waals surface area contributed by atoms with Crippen LogP contribution in [0.3, 0.4) is 0 Å². The van der Waals surface area contributed by atoms with Gasteiger partial charge in [0.1, 0.15) is 13.2 Å². The van der Waals surface area contributed by atoms with Gasteiger partial charge in [0, 0.05) is 18.2 Å². The van der Waals surface area contributed by atoms with Crippen LogP contribution in [0.2, 0.25) is 0 Å². The summed E-state index contributed by atoms with van der Waals surface area (Å²) in [5, 5.41) is 3.77. The Hall–Kier alpha value is -1.22. The molecule has 1 fully saturated rings. The van der Waals surface area contributed by atoms with Gasteiger partial charge >= 0.3 is 0 Å². The molecule has 116 valence electrons. The van der Waals surface area contributed by atoms with Gasteiger partial charge in [-0.25, -0.2) is 0 Å². The van der Waals surface area contributed by atoms with Gasteiger partial charge in [-0.2, -0.15) is 0 Å². The largest absolute Gasteiger partial charge is 0.486 e. The molecule has 1 N–H and O–H groups in total. The zero-order chi connectivity index (χ0) is 14.5. The average molecular weight is 289 g/mol. The predicted molar refractivity (Wildman–Crippen MR) is 84.9 cm³/mol. The monoisotopic (exact) mass is 289 g/mol. The molecule has 21 heavy (non-hydrogen) atoms. The molecule has 3 heteroatoms. The minimum absolute atomic E-state index is 0.630. The van der Waals surface area contributed by atoms with Crippen LogP contribution in [0.25, 0.3) is 0 Å². The highest BCUT2D eigenvalue weighted by Crippen LogP contribution is 2.34. The molecule has 1 aliphatic carbocycles. The third-order valence-corrected chi connectivity index (χ3v) is 4.86. The topological polar surface area (TPSA) is 30.5 Å². The van der Waals surface area contributed by atoms with Crippen molar-refractivity contribution in [3.8, 4) is 11.5 Å². The maximum atomic E-state index is 5.80. The normalized spacial score (nSPS) is 20.2. The number of fused-ring (bicyclic) bond motifs is 1. The van der Waals surface area contributed by atoms with Gasteiger partial charge in [-0.05, 0) is 31.2 Å². The van der Waals surface area contributed by atoms with E-state index in [1.54, 1.807) is 0 Å². The minimum Gasteiger partial charge on any atom is -0.486 e. The van der Waals surface area contributed by atoms with Crippen molar-refractivity contribution in [2.75, 3.05) is 13.2 Å². The lowest BCUT2D eigenvalue weighted by Crippen LogP contribution is -2.36. The van der Waals surface area contributed by atoms with Gasteiger partial charge in [-0.1, -0.05) is 38.3 Å². The molecule has 0 bridgehead atoms. The second-order valence-corrected chi connectivity index (χ2v) is 6.24. The molecule has 1 saturated carbocycles. The van der Waals surface area contributed by atoms with Crippen molar-refractivity contribution in [2.45, 2.75) is 58.0 Å². The zero-order valence-electron chi connectivity index (χ0n) is 13.1. The van der Waals surface area contributed by atoms with E-state index in [1.807, 2.05) is 6.07 Å². The summed E-state index contributed by atoms with van der Waals surface area (Å²) < 4.78 is 11.5. The Morgan fingerprint density at radius 1 is 1.14 bits per heavy atom. The summed E-state index contributed by atoms with van der Waals surface area (Å²) in [6.07, 6.45) is 8.21. The molecule has 1 atom stereocenters. The smallest absolute Gasteiger partial charge is 0.165 e. The highest BCUT2D eigenvalue weighted by Gasteiger charge is 2.23. The van der Waals surface area contributed by atoms with Gasteiger partial charge in [0.05, 0.1) is 0 Å². The number of hydrogen-bond donors (Lipinski definition) is 1. The maximum Gasteiger partial charge on any atom is 0.165 e. The number of nitrogens with one attached hydrogen (secondary N) is 1. The van der Waals surface area contributed by atoms with Gasteiger partial charge in [0.25, 0.3) is 0 Å². The molecule has 2 aliphatic rings. The van der Waals surface area contributed by atoms with Crippen molar-refractivity contribution in [1.82, 2.24) is 5.32 Å². The number of ether oxygens (including phenoxy) is 2. The SMILES string of the molecule is CCC(NCc1cccc2c1OCCO2)C1CCCCC1. The first-order valence-corrected chi connectivity index (χ1v) is 8.49. The predicted octanol–water partition coefficient (Wildman–Crippen LogP) is 3.91. The van der Waals surface area contributed by atoms with Crippen LogP contribution in [0.4, 0.5) is 0 Å². The second-order valence-electron chi connectivity index (χ2n) is 6.24. The number of benzene rings is 1. The summed E-state index contributed by atoms with van der Waals surface area (Å²) in [6.45, 7) is 4.49. The minimum atomic E-state index is 0.630. The van der Waals surface area contributed by atoms with Crippen molar-refractivity contribution in [1.29, 1.82) is 0 Å².